The van der Waals surface area contributed by atoms with E-state index in [0.29, 0.717) is 36.7 Å². The standard InChI is InChI=1S/C26H40O2/c1-2-3-15-23-16-7-8-17-24(23)21-26(28)19-10-9-18-25(27)20-11-14-22-12-5-4-6-13-22/h4-6,12-13,23-24H,2-3,7-11,14-21H2,1H3/t23?,24-/m1/s1. The van der Waals surface area contributed by atoms with E-state index in [1.54, 1.807) is 0 Å². The Hall–Kier alpha value is -1.44. The third kappa shape index (κ3) is 9.17. The number of unbranched alkanes of at least 4 members (excludes halogenated alkanes) is 2. The summed E-state index contributed by atoms with van der Waals surface area (Å²) in [5.74, 6) is 2.21. The molecule has 2 rings (SSSR count). The second kappa shape index (κ2) is 13.7. The molecule has 1 aliphatic rings. The van der Waals surface area contributed by atoms with Crippen LogP contribution in [-0.2, 0) is 16.0 Å². The quantitative estimate of drug-likeness (QED) is 0.321. The van der Waals surface area contributed by atoms with Crippen LogP contribution in [0.3, 0.4) is 0 Å². The number of carbonyl (C=O) groups excluding carboxylic acids is 2. The van der Waals surface area contributed by atoms with Crippen LogP contribution < -0.4 is 0 Å². The van der Waals surface area contributed by atoms with Gasteiger partial charge in [-0.05, 0) is 49.5 Å². The summed E-state index contributed by atoms with van der Waals surface area (Å²) < 4.78 is 0. The van der Waals surface area contributed by atoms with E-state index in [-0.39, 0.29) is 0 Å². The topological polar surface area (TPSA) is 34.1 Å². The van der Waals surface area contributed by atoms with Crippen molar-refractivity contribution in [3.05, 3.63) is 35.9 Å². The molecule has 2 atom stereocenters. The molecule has 2 heteroatoms. The highest BCUT2D eigenvalue weighted by Crippen LogP contribution is 2.36. The Morgan fingerprint density at radius 1 is 0.821 bits per heavy atom. The molecule has 0 aliphatic heterocycles. The number of rotatable bonds is 14. The Morgan fingerprint density at radius 3 is 2.18 bits per heavy atom. The monoisotopic (exact) mass is 384 g/mol. The third-order valence-electron chi connectivity index (χ3n) is 6.41. The molecule has 1 saturated carbocycles. The molecular formula is C26H40O2. The number of ketones is 2. The minimum atomic E-state index is 0.357. The molecule has 2 nitrogen and oxygen atoms in total. The van der Waals surface area contributed by atoms with E-state index < -0.39 is 0 Å². The van der Waals surface area contributed by atoms with Gasteiger partial charge in [-0.15, -0.1) is 0 Å². The zero-order chi connectivity index (χ0) is 20.0. The van der Waals surface area contributed by atoms with Gasteiger partial charge in [-0.2, -0.15) is 0 Å². The van der Waals surface area contributed by atoms with Crippen LogP contribution in [-0.4, -0.2) is 11.6 Å². The van der Waals surface area contributed by atoms with Crippen molar-refractivity contribution < 1.29 is 9.59 Å². The molecule has 1 unspecified atom stereocenters. The molecule has 0 bridgehead atoms. The average molecular weight is 385 g/mol. The first-order chi connectivity index (χ1) is 13.7. The molecule has 156 valence electrons. The van der Waals surface area contributed by atoms with Gasteiger partial charge in [0.05, 0.1) is 0 Å². The van der Waals surface area contributed by atoms with Crippen molar-refractivity contribution >= 4 is 11.6 Å². The second-order valence-corrected chi connectivity index (χ2v) is 8.77. The van der Waals surface area contributed by atoms with Crippen molar-refractivity contribution in [2.75, 3.05) is 0 Å². The van der Waals surface area contributed by atoms with Crippen molar-refractivity contribution in [1.82, 2.24) is 0 Å². The number of Topliss-reactive ketones (excluding diaryl/α,β-unsaturated/α-hetero) is 2. The van der Waals surface area contributed by atoms with Crippen LogP contribution in [0.1, 0.15) is 102 Å². The number of benzene rings is 1. The average Bonchev–Trinajstić information content (AvgIpc) is 2.71. The zero-order valence-corrected chi connectivity index (χ0v) is 18.0. The molecule has 1 fully saturated rings. The van der Waals surface area contributed by atoms with Gasteiger partial charge in [-0.1, -0.05) is 75.8 Å². The fraction of sp³-hybridized carbons (Fsp3) is 0.692. The van der Waals surface area contributed by atoms with E-state index in [1.165, 1.54) is 50.5 Å². The first-order valence-electron chi connectivity index (χ1n) is 11.8. The van der Waals surface area contributed by atoms with Gasteiger partial charge in [0.15, 0.2) is 0 Å². The van der Waals surface area contributed by atoms with Crippen LogP contribution in [0.15, 0.2) is 30.3 Å². The molecular weight excluding hydrogens is 344 g/mol. The maximum Gasteiger partial charge on any atom is 0.133 e. The van der Waals surface area contributed by atoms with E-state index in [1.807, 2.05) is 18.2 Å². The molecule has 0 aromatic heterocycles. The van der Waals surface area contributed by atoms with Crippen molar-refractivity contribution in [2.24, 2.45) is 11.8 Å². The van der Waals surface area contributed by atoms with Crippen LogP contribution in [0.25, 0.3) is 0 Å². The lowest BCUT2D eigenvalue weighted by molar-refractivity contribution is -0.122. The molecule has 0 saturated heterocycles. The van der Waals surface area contributed by atoms with Gasteiger partial charge in [0.2, 0.25) is 0 Å². The fourth-order valence-corrected chi connectivity index (χ4v) is 4.70. The van der Waals surface area contributed by atoms with Crippen molar-refractivity contribution in [1.29, 1.82) is 0 Å². The van der Waals surface area contributed by atoms with Gasteiger partial charge in [0, 0.05) is 25.7 Å². The van der Waals surface area contributed by atoms with Crippen molar-refractivity contribution in [3.8, 4) is 0 Å². The highest BCUT2D eigenvalue weighted by Gasteiger charge is 2.26. The predicted octanol–water partition coefficient (Wildman–Crippen LogP) is 7.09. The summed E-state index contributed by atoms with van der Waals surface area (Å²) in [5.41, 5.74) is 1.31. The molecule has 28 heavy (non-hydrogen) atoms. The zero-order valence-electron chi connectivity index (χ0n) is 18.0. The molecule has 0 heterocycles. The lowest BCUT2D eigenvalue weighted by Gasteiger charge is -2.31. The van der Waals surface area contributed by atoms with Crippen molar-refractivity contribution in [2.45, 2.75) is 103 Å². The van der Waals surface area contributed by atoms with Gasteiger partial charge in [0.25, 0.3) is 0 Å². The summed E-state index contributed by atoms with van der Waals surface area (Å²) in [6.45, 7) is 2.26. The molecule has 0 N–H and O–H groups in total. The van der Waals surface area contributed by atoms with Gasteiger partial charge >= 0.3 is 0 Å². The lowest BCUT2D eigenvalue weighted by Crippen LogP contribution is -2.22. The van der Waals surface area contributed by atoms with Gasteiger partial charge < -0.3 is 0 Å². The highest BCUT2D eigenvalue weighted by molar-refractivity contribution is 5.79. The molecule has 1 aromatic rings. The van der Waals surface area contributed by atoms with Crippen LogP contribution in [0.5, 0.6) is 0 Å². The SMILES string of the molecule is CCCCC1CCCC[C@@H]1CC(=O)CCCCC(=O)CCCc1ccccc1. The maximum absolute atomic E-state index is 12.4. The first kappa shape index (κ1) is 22.8. The molecule has 1 aromatic carbocycles. The lowest BCUT2D eigenvalue weighted by atomic mass is 9.74. The largest absolute Gasteiger partial charge is 0.300 e. The normalized spacial score (nSPS) is 19.5. The summed E-state index contributed by atoms with van der Waals surface area (Å²) in [6.07, 6.45) is 15.6. The number of hydrogen-bond acceptors (Lipinski definition) is 2. The minimum absolute atomic E-state index is 0.357. The highest BCUT2D eigenvalue weighted by atomic mass is 16.1. The Bertz CT molecular complexity index is 563. The molecule has 0 radical (unpaired) electrons. The number of carbonyl (C=O) groups is 2. The first-order valence-corrected chi connectivity index (χ1v) is 11.8. The van der Waals surface area contributed by atoms with E-state index >= 15 is 0 Å². The molecule has 0 spiro atoms. The summed E-state index contributed by atoms with van der Waals surface area (Å²) in [7, 11) is 0. The van der Waals surface area contributed by atoms with Gasteiger partial charge in [-0.25, -0.2) is 0 Å². The van der Waals surface area contributed by atoms with Crippen LogP contribution in [0.4, 0.5) is 0 Å². The van der Waals surface area contributed by atoms with Crippen molar-refractivity contribution in [3.63, 3.8) is 0 Å². The van der Waals surface area contributed by atoms with Gasteiger partial charge in [0.1, 0.15) is 11.6 Å². The summed E-state index contributed by atoms with van der Waals surface area (Å²) in [5, 5.41) is 0. The smallest absolute Gasteiger partial charge is 0.133 e. The second-order valence-electron chi connectivity index (χ2n) is 8.77. The summed E-state index contributed by atoms with van der Waals surface area (Å²) >= 11 is 0. The summed E-state index contributed by atoms with van der Waals surface area (Å²) in [4.78, 5) is 24.5. The summed E-state index contributed by atoms with van der Waals surface area (Å²) in [6, 6.07) is 10.4. The van der Waals surface area contributed by atoms with E-state index in [9.17, 15) is 9.59 Å². The fourth-order valence-electron chi connectivity index (χ4n) is 4.70. The third-order valence-corrected chi connectivity index (χ3v) is 6.41. The van der Waals surface area contributed by atoms with Crippen LogP contribution >= 0.6 is 0 Å². The number of aryl methyl sites for hydroxylation is 1. The van der Waals surface area contributed by atoms with E-state index in [4.69, 9.17) is 0 Å². The van der Waals surface area contributed by atoms with Crippen LogP contribution in [0.2, 0.25) is 0 Å². The van der Waals surface area contributed by atoms with Crippen LogP contribution in [0, 0.1) is 11.8 Å². The Morgan fingerprint density at radius 2 is 1.46 bits per heavy atom. The Kier molecular flexibility index (Phi) is 11.2. The Labute approximate surface area is 172 Å². The maximum atomic E-state index is 12.4. The Balaban J connectivity index is 1.54. The molecule has 1 aliphatic carbocycles. The van der Waals surface area contributed by atoms with E-state index in [2.05, 4.69) is 19.1 Å². The van der Waals surface area contributed by atoms with Gasteiger partial charge in [-0.3, -0.25) is 9.59 Å². The van der Waals surface area contributed by atoms with E-state index in [0.717, 1.165) is 38.0 Å². The molecule has 0 amide bonds. The number of hydrogen-bond donors (Lipinski definition) is 0. The predicted molar refractivity (Wildman–Crippen MR) is 117 cm³/mol. The minimum Gasteiger partial charge on any atom is -0.300 e.